The van der Waals surface area contributed by atoms with Crippen LogP contribution in [0.15, 0.2) is 48.5 Å². The number of carbonyl (C=O) groups excluding carboxylic acids is 2. The Bertz CT molecular complexity index is 1040. The molecule has 0 bridgehead atoms. The lowest BCUT2D eigenvalue weighted by Crippen LogP contribution is -2.47. The number of ether oxygens (including phenoxy) is 1. The Morgan fingerprint density at radius 2 is 1.78 bits per heavy atom. The normalized spacial score (nSPS) is 17.5. The van der Waals surface area contributed by atoms with Crippen molar-refractivity contribution < 1.29 is 14.3 Å². The van der Waals surface area contributed by atoms with Gasteiger partial charge in [-0.25, -0.2) is 0 Å². The molecule has 0 spiro atoms. The molecule has 2 aliphatic rings. The van der Waals surface area contributed by atoms with Crippen molar-refractivity contribution in [3.8, 4) is 5.75 Å². The van der Waals surface area contributed by atoms with Crippen LogP contribution in [0, 0.1) is 18.3 Å². The number of hydrogen-bond acceptors (Lipinski definition) is 3. The van der Waals surface area contributed by atoms with Crippen molar-refractivity contribution in [2.45, 2.75) is 71.3 Å². The molecule has 2 aromatic rings. The SMILES string of the molecule is Cc1cc(OCC2(CC(=O)N(C)Cc3ccccc3)CCN(C(=O)CCC3CCCC3)CC2)ccc1Cl. The van der Waals surface area contributed by atoms with Crippen LogP contribution in [0.4, 0.5) is 0 Å². The monoisotopic (exact) mass is 524 g/mol. The van der Waals surface area contributed by atoms with Crippen LogP contribution in [0.1, 0.15) is 68.9 Å². The predicted octanol–water partition coefficient (Wildman–Crippen LogP) is 6.66. The summed E-state index contributed by atoms with van der Waals surface area (Å²) in [6, 6.07) is 15.7. The first-order chi connectivity index (χ1) is 17.8. The number of nitrogens with zero attached hydrogens (tertiary/aromatic N) is 2. The van der Waals surface area contributed by atoms with Gasteiger partial charge in [-0.15, -0.1) is 0 Å². The zero-order valence-corrected chi connectivity index (χ0v) is 23.1. The number of halogens is 1. The van der Waals surface area contributed by atoms with E-state index in [1.165, 1.54) is 25.7 Å². The van der Waals surface area contributed by atoms with E-state index < -0.39 is 0 Å². The maximum Gasteiger partial charge on any atom is 0.223 e. The number of carbonyl (C=O) groups is 2. The van der Waals surface area contributed by atoms with Gasteiger partial charge in [-0.1, -0.05) is 67.6 Å². The van der Waals surface area contributed by atoms with Crippen molar-refractivity contribution >= 4 is 23.4 Å². The molecule has 1 saturated carbocycles. The standard InChI is InChI=1S/C31H41ClN2O3/c1-24-20-27(13-14-28(24)32)37-23-31(21-30(36)33(2)22-26-10-4-3-5-11-26)16-18-34(19-17-31)29(35)15-12-25-8-6-7-9-25/h3-5,10-11,13-14,20,25H,6-9,12,15-19,21-23H2,1-2H3. The van der Waals surface area contributed by atoms with Crippen LogP contribution in [0.3, 0.4) is 0 Å². The lowest BCUT2D eigenvalue weighted by Gasteiger charge is -2.42. The lowest BCUT2D eigenvalue weighted by atomic mass is 9.75. The Balaban J connectivity index is 1.39. The molecule has 200 valence electrons. The largest absolute Gasteiger partial charge is 0.493 e. The highest BCUT2D eigenvalue weighted by atomic mass is 35.5. The third-order valence-corrected chi connectivity index (χ3v) is 8.73. The second-order valence-corrected chi connectivity index (χ2v) is 11.6. The summed E-state index contributed by atoms with van der Waals surface area (Å²) >= 11 is 6.20. The summed E-state index contributed by atoms with van der Waals surface area (Å²) in [5.74, 6) is 1.87. The fourth-order valence-corrected chi connectivity index (χ4v) is 5.85. The summed E-state index contributed by atoms with van der Waals surface area (Å²) in [7, 11) is 1.87. The van der Waals surface area contributed by atoms with Gasteiger partial charge in [0.2, 0.25) is 11.8 Å². The highest BCUT2D eigenvalue weighted by Crippen LogP contribution is 2.37. The third-order valence-electron chi connectivity index (χ3n) is 8.31. The maximum absolute atomic E-state index is 13.4. The van der Waals surface area contributed by atoms with Gasteiger partial charge >= 0.3 is 0 Å². The summed E-state index contributed by atoms with van der Waals surface area (Å²) in [6.07, 6.45) is 8.77. The van der Waals surface area contributed by atoms with E-state index in [0.29, 0.717) is 44.1 Å². The van der Waals surface area contributed by atoms with Crippen molar-refractivity contribution in [3.05, 3.63) is 64.7 Å². The molecule has 6 heteroatoms. The van der Waals surface area contributed by atoms with E-state index in [-0.39, 0.29) is 17.2 Å². The summed E-state index contributed by atoms with van der Waals surface area (Å²) in [4.78, 5) is 30.1. The first-order valence-electron chi connectivity index (χ1n) is 13.8. The fourth-order valence-electron chi connectivity index (χ4n) is 5.73. The van der Waals surface area contributed by atoms with E-state index in [0.717, 1.165) is 42.1 Å². The van der Waals surface area contributed by atoms with Crippen molar-refractivity contribution in [3.63, 3.8) is 0 Å². The topological polar surface area (TPSA) is 49.9 Å². The van der Waals surface area contributed by atoms with Gasteiger partial charge in [0.25, 0.3) is 0 Å². The molecule has 1 aliphatic carbocycles. The fraction of sp³-hybridized carbons (Fsp3) is 0.548. The van der Waals surface area contributed by atoms with Crippen molar-refractivity contribution in [1.29, 1.82) is 0 Å². The molecule has 0 N–H and O–H groups in total. The van der Waals surface area contributed by atoms with E-state index in [2.05, 4.69) is 0 Å². The Kier molecular flexibility index (Phi) is 9.53. The Morgan fingerprint density at radius 3 is 2.46 bits per heavy atom. The van der Waals surface area contributed by atoms with Crippen LogP contribution in [-0.2, 0) is 16.1 Å². The van der Waals surface area contributed by atoms with Crippen LogP contribution < -0.4 is 4.74 Å². The van der Waals surface area contributed by atoms with Gasteiger partial charge in [0, 0.05) is 50.0 Å². The number of rotatable bonds is 10. The smallest absolute Gasteiger partial charge is 0.223 e. The van der Waals surface area contributed by atoms with Gasteiger partial charge < -0.3 is 14.5 Å². The van der Waals surface area contributed by atoms with Crippen LogP contribution in [0.5, 0.6) is 5.75 Å². The molecule has 0 atom stereocenters. The van der Waals surface area contributed by atoms with Gasteiger partial charge in [0.1, 0.15) is 5.75 Å². The minimum absolute atomic E-state index is 0.112. The second-order valence-electron chi connectivity index (χ2n) is 11.2. The van der Waals surface area contributed by atoms with Gasteiger partial charge in [-0.2, -0.15) is 0 Å². The Labute approximate surface area is 227 Å². The van der Waals surface area contributed by atoms with E-state index in [4.69, 9.17) is 16.3 Å². The molecule has 1 heterocycles. The number of piperidine rings is 1. The van der Waals surface area contributed by atoms with Gasteiger partial charge in [0.15, 0.2) is 0 Å². The molecular weight excluding hydrogens is 484 g/mol. The molecule has 2 amide bonds. The number of likely N-dealkylation sites (tertiary alicyclic amines) is 1. The molecule has 4 rings (SSSR count). The molecule has 2 aromatic carbocycles. The molecule has 5 nitrogen and oxygen atoms in total. The molecule has 0 unspecified atom stereocenters. The summed E-state index contributed by atoms with van der Waals surface area (Å²) in [6.45, 7) is 4.36. The molecule has 37 heavy (non-hydrogen) atoms. The number of hydrogen-bond donors (Lipinski definition) is 0. The minimum atomic E-state index is -0.308. The van der Waals surface area contributed by atoms with E-state index >= 15 is 0 Å². The summed E-state index contributed by atoms with van der Waals surface area (Å²) in [5.41, 5.74) is 1.77. The summed E-state index contributed by atoms with van der Waals surface area (Å²) in [5, 5.41) is 0.712. The molecule has 1 saturated heterocycles. The van der Waals surface area contributed by atoms with E-state index in [9.17, 15) is 9.59 Å². The Morgan fingerprint density at radius 1 is 1.08 bits per heavy atom. The first kappa shape index (κ1) is 27.5. The highest BCUT2D eigenvalue weighted by Gasteiger charge is 2.39. The van der Waals surface area contributed by atoms with Crippen LogP contribution >= 0.6 is 11.6 Å². The van der Waals surface area contributed by atoms with Crippen LogP contribution in [0.2, 0.25) is 5.02 Å². The minimum Gasteiger partial charge on any atom is -0.493 e. The van der Waals surface area contributed by atoms with Crippen molar-refractivity contribution in [2.75, 3.05) is 26.7 Å². The van der Waals surface area contributed by atoms with E-state index in [1.807, 2.05) is 72.3 Å². The van der Waals surface area contributed by atoms with Gasteiger partial charge in [-0.3, -0.25) is 9.59 Å². The van der Waals surface area contributed by atoms with Gasteiger partial charge in [-0.05, 0) is 61.4 Å². The molecular formula is C31H41ClN2O3. The van der Waals surface area contributed by atoms with Crippen LogP contribution in [0.25, 0.3) is 0 Å². The maximum atomic E-state index is 13.4. The van der Waals surface area contributed by atoms with E-state index in [1.54, 1.807) is 0 Å². The lowest BCUT2D eigenvalue weighted by molar-refractivity contribution is -0.137. The average Bonchev–Trinajstić information content (AvgIpc) is 3.43. The Hall–Kier alpha value is -2.53. The second kappa shape index (κ2) is 12.8. The quantitative estimate of drug-likeness (QED) is 0.349. The number of amides is 2. The molecule has 1 aliphatic heterocycles. The highest BCUT2D eigenvalue weighted by molar-refractivity contribution is 6.31. The average molecular weight is 525 g/mol. The number of benzene rings is 2. The first-order valence-corrected chi connectivity index (χ1v) is 14.2. The van der Waals surface area contributed by atoms with Crippen molar-refractivity contribution in [1.82, 2.24) is 9.80 Å². The third kappa shape index (κ3) is 7.73. The van der Waals surface area contributed by atoms with Crippen molar-refractivity contribution in [2.24, 2.45) is 11.3 Å². The summed E-state index contributed by atoms with van der Waals surface area (Å²) < 4.78 is 6.26. The number of aryl methyl sites for hydroxylation is 1. The molecule has 2 fully saturated rings. The molecule has 0 radical (unpaired) electrons. The predicted molar refractivity (Wildman–Crippen MR) is 149 cm³/mol. The zero-order valence-electron chi connectivity index (χ0n) is 22.4. The zero-order chi connectivity index (χ0) is 26.3. The van der Waals surface area contributed by atoms with Gasteiger partial charge in [0.05, 0.1) is 6.61 Å². The van der Waals surface area contributed by atoms with Crippen LogP contribution in [-0.4, -0.2) is 48.4 Å². The molecule has 0 aromatic heterocycles.